The first-order valence-electron chi connectivity index (χ1n) is 3.75. The van der Waals surface area contributed by atoms with Crippen molar-refractivity contribution in [3.8, 4) is 0 Å². The minimum absolute atomic E-state index is 0. The van der Waals surface area contributed by atoms with E-state index in [-0.39, 0.29) is 40.3 Å². The number of ether oxygens (including phenoxy) is 1. The summed E-state index contributed by atoms with van der Waals surface area (Å²) in [7, 11) is 0. The van der Waals surface area contributed by atoms with Crippen molar-refractivity contribution in [2.24, 2.45) is 0 Å². The van der Waals surface area contributed by atoms with Crippen LogP contribution in [0.5, 0.6) is 0 Å². The summed E-state index contributed by atoms with van der Waals surface area (Å²) in [4.78, 5) is 31.8. The monoisotopic (exact) mass is 258 g/mol. The maximum atomic E-state index is 10.8. The minimum atomic E-state index is -1.29. The van der Waals surface area contributed by atoms with Crippen LogP contribution in [0, 0.1) is 0 Å². The second-order valence-corrected chi connectivity index (χ2v) is 2.38. The second kappa shape index (κ2) is 10.7. The Kier molecular flexibility index (Phi) is 13.7. The van der Waals surface area contributed by atoms with E-state index in [0.29, 0.717) is 0 Å². The third kappa shape index (κ3) is 9.70. The van der Waals surface area contributed by atoms with Crippen LogP contribution < -0.4 is 0 Å². The summed E-state index contributed by atoms with van der Waals surface area (Å²) < 4.78 is 4.22. The number of carbonyl (C=O) groups is 3. The third-order valence-corrected chi connectivity index (χ3v) is 1.18. The fourth-order valence-corrected chi connectivity index (χ4v) is 0.568. The fourth-order valence-electron chi connectivity index (χ4n) is 0.568. The van der Waals surface area contributed by atoms with Gasteiger partial charge in [0.1, 0.15) is 0 Å². The number of rotatable bonds is 4. The van der Waals surface area contributed by atoms with Crippen LogP contribution in [0.2, 0.25) is 0 Å². The average molecular weight is 258 g/mol. The molecule has 0 bridgehead atoms. The molecule has 0 radical (unpaired) electrons. The van der Waals surface area contributed by atoms with Gasteiger partial charge in [-0.3, -0.25) is 4.79 Å². The maximum absolute atomic E-state index is 10.8. The number of allylic oxidation sites excluding steroid dienone is 1. The molecular weight excluding hydrogens is 242 g/mol. The van der Waals surface area contributed by atoms with Gasteiger partial charge in [0.15, 0.2) is 34.7 Å². The standard InChI is InChI=1S/C9H10O5.2Al.6H/c1-3-4-7(10)14-8(11)5-6(2)9(12)13;;;;;;;;/h3-4H,2,5H2,1H3,(H,12,13);;;;;;;;. The van der Waals surface area contributed by atoms with Gasteiger partial charge >= 0.3 is 17.9 Å². The molecule has 1 N–H and O–H groups in total. The Bertz CT molecular complexity index is 309. The van der Waals surface area contributed by atoms with Crippen LogP contribution in [0.25, 0.3) is 0 Å². The highest BCUT2D eigenvalue weighted by molar-refractivity contribution is 5.97. The highest BCUT2D eigenvalue weighted by Gasteiger charge is 2.13. The Morgan fingerprint density at radius 3 is 2.19 bits per heavy atom. The summed E-state index contributed by atoms with van der Waals surface area (Å²) >= 11 is 0. The van der Waals surface area contributed by atoms with Crippen LogP contribution in [0.3, 0.4) is 0 Å². The van der Waals surface area contributed by atoms with E-state index in [2.05, 4.69) is 11.3 Å². The van der Waals surface area contributed by atoms with Crippen molar-refractivity contribution >= 4 is 52.6 Å². The normalized spacial score (nSPS) is 8.56. The zero-order chi connectivity index (χ0) is 11.1. The molecular formula is C9H16Al2O5. The number of aliphatic carboxylic acids is 1. The number of carboxylic acids is 1. The molecule has 0 aromatic carbocycles. The van der Waals surface area contributed by atoms with Crippen molar-refractivity contribution in [2.75, 3.05) is 0 Å². The van der Waals surface area contributed by atoms with E-state index in [9.17, 15) is 14.4 Å². The van der Waals surface area contributed by atoms with Gasteiger partial charge in [-0.2, -0.15) is 0 Å². The maximum Gasteiger partial charge on any atom is 0.338 e. The molecule has 0 rings (SSSR count). The van der Waals surface area contributed by atoms with Crippen molar-refractivity contribution in [1.82, 2.24) is 0 Å². The molecule has 0 aromatic rings. The molecule has 0 aromatic heterocycles. The van der Waals surface area contributed by atoms with Crippen LogP contribution in [-0.2, 0) is 19.1 Å². The molecule has 16 heavy (non-hydrogen) atoms. The molecule has 0 aliphatic carbocycles. The van der Waals surface area contributed by atoms with Crippen molar-refractivity contribution in [3.05, 3.63) is 24.3 Å². The van der Waals surface area contributed by atoms with Gasteiger partial charge in [-0.15, -0.1) is 0 Å². The van der Waals surface area contributed by atoms with Gasteiger partial charge < -0.3 is 9.84 Å². The summed E-state index contributed by atoms with van der Waals surface area (Å²) in [6.07, 6.45) is 1.96. The van der Waals surface area contributed by atoms with E-state index in [0.717, 1.165) is 6.08 Å². The first-order valence-corrected chi connectivity index (χ1v) is 3.75. The van der Waals surface area contributed by atoms with E-state index in [4.69, 9.17) is 5.11 Å². The first kappa shape index (κ1) is 20.6. The number of hydrogen-bond acceptors (Lipinski definition) is 4. The lowest BCUT2D eigenvalue weighted by Crippen LogP contribution is -2.13. The molecule has 88 valence electrons. The summed E-state index contributed by atoms with van der Waals surface area (Å²) in [5.41, 5.74) is -0.316. The van der Waals surface area contributed by atoms with Crippen molar-refractivity contribution in [1.29, 1.82) is 0 Å². The van der Waals surface area contributed by atoms with E-state index in [1.807, 2.05) is 0 Å². The average Bonchev–Trinajstić information content (AvgIpc) is 2.03. The van der Waals surface area contributed by atoms with Crippen molar-refractivity contribution in [3.63, 3.8) is 0 Å². The molecule has 0 aliphatic rings. The van der Waals surface area contributed by atoms with Crippen molar-refractivity contribution < 1.29 is 24.2 Å². The Morgan fingerprint density at radius 2 is 1.81 bits per heavy atom. The minimum Gasteiger partial charge on any atom is -0.478 e. The van der Waals surface area contributed by atoms with E-state index in [1.165, 1.54) is 6.08 Å². The largest absolute Gasteiger partial charge is 0.478 e. The fraction of sp³-hybridized carbons (Fsp3) is 0.222. The van der Waals surface area contributed by atoms with Gasteiger partial charge in [0, 0.05) is 11.6 Å². The van der Waals surface area contributed by atoms with Gasteiger partial charge in [-0.1, -0.05) is 12.7 Å². The summed E-state index contributed by atoms with van der Waals surface area (Å²) in [5.74, 6) is -3.04. The highest BCUT2D eigenvalue weighted by Crippen LogP contribution is 2.00. The molecule has 5 nitrogen and oxygen atoms in total. The molecule has 0 spiro atoms. The molecule has 0 saturated carbocycles. The molecule has 0 aliphatic heterocycles. The topological polar surface area (TPSA) is 80.7 Å². The molecule has 0 unspecified atom stereocenters. The van der Waals surface area contributed by atoms with Crippen LogP contribution in [0.1, 0.15) is 13.3 Å². The van der Waals surface area contributed by atoms with Gasteiger partial charge in [0.2, 0.25) is 0 Å². The van der Waals surface area contributed by atoms with Crippen LogP contribution in [0.15, 0.2) is 24.3 Å². The van der Waals surface area contributed by atoms with Gasteiger partial charge in [0.05, 0.1) is 6.42 Å². The van der Waals surface area contributed by atoms with Crippen molar-refractivity contribution in [2.45, 2.75) is 13.3 Å². The number of hydrogen-bond donors (Lipinski definition) is 1. The smallest absolute Gasteiger partial charge is 0.338 e. The summed E-state index contributed by atoms with van der Waals surface area (Å²) in [6, 6.07) is 0. The molecule has 0 fully saturated rings. The lowest BCUT2D eigenvalue weighted by atomic mass is 10.2. The Morgan fingerprint density at radius 1 is 1.31 bits per heavy atom. The number of carbonyl (C=O) groups excluding carboxylic acids is 2. The quantitative estimate of drug-likeness (QED) is 0.281. The molecule has 7 heteroatoms. The lowest BCUT2D eigenvalue weighted by molar-refractivity contribution is -0.156. The predicted molar refractivity (Wildman–Crippen MR) is 67.2 cm³/mol. The zero-order valence-electron chi connectivity index (χ0n) is 7.65. The SMILES string of the molecule is C=C(CC(=O)OC(=O)C=CC)C(=O)O.[AlH3].[AlH3]. The van der Waals surface area contributed by atoms with Gasteiger partial charge in [-0.25, -0.2) is 9.59 Å². The van der Waals surface area contributed by atoms with Gasteiger partial charge in [0.25, 0.3) is 0 Å². The molecule has 0 atom stereocenters. The van der Waals surface area contributed by atoms with Crippen LogP contribution >= 0.6 is 0 Å². The Labute approximate surface area is 114 Å². The van der Waals surface area contributed by atoms with E-state index < -0.39 is 24.3 Å². The Hall–Kier alpha value is -0.845. The Balaban J connectivity index is -0.000000845. The number of esters is 2. The van der Waals surface area contributed by atoms with Gasteiger partial charge in [-0.05, 0) is 6.92 Å². The van der Waals surface area contributed by atoms with E-state index >= 15 is 0 Å². The molecule has 0 amide bonds. The molecule has 0 saturated heterocycles. The number of carboxylic acid groups (broad SMARTS) is 1. The second-order valence-electron chi connectivity index (χ2n) is 2.38. The molecule has 0 heterocycles. The zero-order valence-corrected chi connectivity index (χ0v) is 7.65. The lowest BCUT2D eigenvalue weighted by Gasteiger charge is -1.99. The predicted octanol–water partition coefficient (Wildman–Crippen LogP) is -1.70. The first-order chi connectivity index (χ1) is 6.47. The summed E-state index contributed by atoms with van der Waals surface area (Å²) in [5, 5.41) is 8.36. The third-order valence-electron chi connectivity index (χ3n) is 1.18. The summed E-state index contributed by atoms with van der Waals surface area (Å²) in [6.45, 7) is 4.70. The highest BCUT2D eigenvalue weighted by atomic mass is 27.0. The van der Waals surface area contributed by atoms with Crippen LogP contribution in [-0.4, -0.2) is 57.7 Å². The van der Waals surface area contributed by atoms with E-state index in [1.54, 1.807) is 6.92 Å². The van der Waals surface area contributed by atoms with Crippen LogP contribution in [0.4, 0.5) is 0 Å².